The van der Waals surface area contributed by atoms with Gasteiger partial charge < -0.3 is 4.79 Å². The van der Waals surface area contributed by atoms with E-state index in [1.165, 1.54) is 12.0 Å². The van der Waals surface area contributed by atoms with E-state index in [-0.39, 0.29) is 5.41 Å². The fourth-order valence-corrected chi connectivity index (χ4v) is 2.45. The van der Waals surface area contributed by atoms with E-state index >= 15 is 0 Å². The SMILES string of the molecule is CC1=CC(C(C)(C)C=O)CC(C)(C)C1. The van der Waals surface area contributed by atoms with Gasteiger partial charge in [-0.2, -0.15) is 0 Å². The third-order valence-electron chi connectivity index (χ3n) is 3.27. The number of carbonyl (C=O) groups excluding carboxylic acids is 1. The topological polar surface area (TPSA) is 17.1 Å². The van der Waals surface area contributed by atoms with E-state index in [0.29, 0.717) is 11.3 Å². The molecule has 0 amide bonds. The molecule has 0 radical (unpaired) electrons. The van der Waals surface area contributed by atoms with E-state index in [2.05, 4.69) is 26.8 Å². The Labute approximate surface area is 87.6 Å². The van der Waals surface area contributed by atoms with Gasteiger partial charge in [-0.25, -0.2) is 0 Å². The van der Waals surface area contributed by atoms with Crippen molar-refractivity contribution in [3.8, 4) is 0 Å². The van der Waals surface area contributed by atoms with Crippen LogP contribution in [0.1, 0.15) is 47.5 Å². The summed E-state index contributed by atoms with van der Waals surface area (Å²) in [6.07, 6.45) is 5.68. The zero-order valence-corrected chi connectivity index (χ0v) is 10.1. The number of aldehydes is 1. The van der Waals surface area contributed by atoms with Crippen LogP contribution >= 0.6 is 0 Å². The first-order chi connectivity index (χ1) is 6.27. The molecule has 1 atom stereocenters. The van der Waals surface area contributed by atoms with Crippen molar-refractivity contribution in [1.29, 1.82) is 0 Å². The van der Waals surface area contributed by atoms with Crippen LogP contribution in [0.4, 0.5) is 0 Å². The van der Waals surface area contributed by atoms with Gasteiger partial charge in [-0.15, -0.1) is 0 Å². The Morgan fingerprint density at radius 3 is 2.50 bits per heavy atom. The van der Waals surface area contributed by atoms with Gasteiger partial charge in [0.1, 0.15) is 6.29 Å². The average molecular weight is 194 g/mol. The third kappa shape index (κ3) is 2.46. The number of hydrogen-bond donors (Lipinski definition) is 0. The van der Waals surface area contributed by atoms with Gasteiger partial charge in [0.05, 0.1) is 0 Å². The predicted molar refractivity (Wildman–Crippen MR) is 60.1 cm³/mol. The summed E-state index contributed by atoms with van der Waals surface area (Å²) in [5.74, 6) is 0.406. The van der Waals surface area contributed by atoms with E-state index in [4.69, 9.17) is 0 Å². The van der Waals surface area contributed by atoms with Gasteiger partial charge in [-0.05, 0) is 31.1 Å². The largest absolute Gasteiger partial charge is 0.303 e. The molecule has 0 spiro atoms. The number of rotatable bonds is 2. The maximum absolute atomic E-state index is 11.0. The summed E-state index contributed by atoms with van der Waals surface area (Å²) in [5.41, 5.74) is 1.57. The fraction of sp³-hybridized carbons (Fsp3) is 0.769. The molecule has 0 bridgehead atoms. The van der Waals surface area contributed by atoms with Crippen molar-refractivity contribution in [2.24, 2.45) is 16.7 Å². The second-order valence-electron chi connectivity index (χ2n) is 6.10. The van der Waals surface area contributed by atoms with E-state index in [9.17, 15) is 4.79 Å². The summed E-state index contributed by atoms with van der Waals surface area (Å²) in [5, 5.41) is 0. The standard InChI is InChI=1S/C13H22O/c1-10-6-11(13(4,5)9-14)8-12(2,3)7-10/h6,9,11H,7-8H2,1-5H3. The Hall–Kier alpha value is -0.590. The lowest BCUT2D eigenvalue weighted by Crippen LogP contribution is -2.32. The van der Waals surface area contributed by atoms with Crippen LogP contribution in [-0.2, 0) is 4.79 Å². The second kappa shape index (κ2) is 3.52. The molecular weight excluding hydrogens is 172 g/mol. The Morgan fingerprint density at radius 2 is 2.07 bits per heavy atom. The minimum atomic E-state index is -0.209. The first kappa shape index (κ1) is 11.5. The van der Waals surface area contributed by atoms with Crippen LogP contribution in [0.5, 0.6) is 0 Å². The summed E-state index contributed by atoms with van der Waals surface area (Å²) in [6, 6.07) is 0. The van der Waals surface area contributed by atoms with Gasteiger partial charge in [0.25, 0.3) is 0 Å². The van der Waals surface area contributed by atoms with Crippen molar-refractivity contribution in [2.45, 2.75) is 47.5 Å². The van der Waals surface area contributed by atoms with E-state index in [1.54, 1.807) is 0 Å². The molecule has 0 aliphatic heterocycles. The van der Waals surface area contributed by atoms with Gasteiger partial charge in [0, 0.05) is 5.41 Å². The molecule has 0 aromatic rings. The van der Waals surface area contributed by atoms with Crippen molar-refractivity contribution in [3.63, 3.8) is 0 Å². The summed E-state index contributed by atoms with van der Waals surface area (Å²) in [6.45, 7) is 10.8. The molecule has 0 N–H and O–H groups in total. The van der Waals surface area contributed by atoms with Crippen LogP contribution < -0.4 is 0 Å². The Kier molecular flexibility index (Phi) is 2.89. The molecule has 0 saturated carbocycles. The quantitative estimate of drug-likeness (QED) is 0.485. The molecule has 1 aliphatic carbocycles. The molecule has 0 aromatic carbocycles. The minimum Gasteiger partial charge on any atom is -0.303 e. The van der Waals surface area contributed by atoms with Gasteiger partial charge in [-0.1, -0.05) is 39.3 Å². The van der Waals surface area contributed by atoms with Crippen LogP contribution in [-0.4, -0.2) is 6.29 Å². The fourth-order valence-electron chi connectivity index (χ4n) is 2.45. The first-order valence-electron chi connectivity index (χ1n) is 5.40. The lowest BCUT2D eigenvalue weighted by molar-refractivity contribution is -0.116. The second-order valence-corrected chi connectivity index (χ2v) is 6.10. The lowest BCUT2D eigenvalue weighted by atomic mass is 9.65. The Balaban J connectivity index is 2.92. The van der Waals surface area contributed by atoms with Crippen LogP contribution in [0, 0.1) is 16.7 Å². The van der Waals surface area contributed by atoms with Crippen molar-refractivity contribution in [1.82, 2.24) is 0 Å². The van der Waals surface area contributed by atoms with Gasteiger partial charge in [0.15, 0.2) is 0 Å². The molecule has 1 unspecified atom stereocenters. The average Bonchev–Trinajstić information content (AvgIpc) is 2.00. The number of hydrogen-bond acceptors (Lipinski definition) is 1. The lowest BCUT2D eigenvalue weighted by Gasteiger charge is -2.39. The van der Waals surface area contributed by atoms with Crippen molar-refractivity contribution in [2.75, 3.05) is 0 Å². The van der Waals surface area contributed by atoms with Gasteiger partial charge >= 0.3 is 0 Å². The molecule has 1 rings (SSSR count). The van der Waals surface area contributed by atoms with Crippen molar-refractivity contribution in [3.05, 3.63) is 11.6 Å². The molecule has 1 nitrogen and oxygen atoms in total. The highest BCUT2D eigenvalue weighted by atomic mass is 16.1. The van der Waals surface area contributed by atoms with E-state index < -0.39 is 0 Å². The Morgan fingerprint density at radius 1 is 1.50 bits per heavy atom. The van der Waals surface area contributed by atoms with Crippen LogP contribution in [0.2, 0.25) is 0 Å². The van der Waals surface area contributed by atoms with E-state index in [1.807, 2.05) is 13.8 Å². The number of carbonyl (C=O) groups is 1. The molecule has 0 aromatic heterocycles. The maximum atomic E-state index is 11.0. The zero-order valence-electron chi connectivity index (χ0n) is 10.1. The normalized spacial score (nSPS) is 26.9. The van der Waals surface area contributed by atoms with Gasteiger partial charge in [-0.3, -0.25) is 0 Å². The molecule has 0 fully saturated rings. The molecule has 1 heteroatoms. The summed E-state index contributed by atoms with van der Waals surface area (Å²) in [4.78, 5) is 11.0. The third-order valence-corrected chi connectivity index (χ3v) is 3.27. The predicted octanol–water partition coefficient (Wildman–Crippen LogP) is 3.59. The minimum absolute atomic E-state index is 0.209. The summed E-state index contributed by atoms with van der Waals surface area (Å²) >= 11 is 0. The maximum Gasteiger partial charge on any atom is 0.126 e. The number of allylic oxidation sites excluding steroid dienone is 2. The van der Waals surface area contributed by atoms with E-state index in [0.717, 1.165) is 12.7 Å². The highest BCUT2D eigenvalue weighted by Crippen LogP contribution is 2.44. The smallest absolute Gasteiger partial charge is 0.126 e. The highest BCUT2D eigenvalue weighted by molar-refractivity contribution is 5.59. The van der Waals surface area contributed by atoms with Crippen LogP contribution in [0.25, 0.3) is 0 Å². The first-order valence-corrected chi connectivity index (χ1v) is 5.40. The van der Waals surface area contributed by atoms with Crippen LogP contribution in [0.15, 0.2) is 11.6 Å². The Bertz CT molecular complexity index is 258. The van der Waals surface area contributed by atoms with Crippen LogP contribution in [0.3, 0.4) is 0 Å². The molecule has 1 aliphatic rings. The summed E-state index contributed by atoms with van der Waals surface area (Å²) in [7, 11) is 0. The molecule has 80 valence electrons. The molecular formula is C13H22O. The summed E-state index contributed by atoms with van der Waals surface area (Å²) < 4.78 is 0. The molecule has 0 saturated heterocycles. The molecule has 14 heavy (non-hydrogen) atoms. The molecule has 0 heterocycles. The highest BCUT2D eigenvalue weighted by Gasteiger charge is 2.35. The monoisotopic (exact) mass is 194 g/mol. The zero-order chi connectivity index (χ0) is 11.0. The van der Waals surface area contributed by atoms with Gasteiger partial charge in [0.2, 0.25) is 0 Å². The van der Waals surface area contributed by atoms with Crippen molar-refractivity contribution < 1.29 is 4.79 Å². The van der Waals surface area contributed by atoms with Crippen molar-refractivity contribution >= 4 is 6.29 Å².